The second-order valence-corrected chi connectivity index (χ2v) is 5.70. The first-order valence-electron chi connectivity index (χ1n) is 6.48. The van der Waals surface area contributed by atoms with E-state index >= 15 is 0 Å². The third-order valence-electron chi connectivity index (χ3n) is 3.48. The molecule has 2 aromatic rings. The van der Waals surface area contributed by atoms with Gasteiger partial charge in [-0.05, 0) is 29.0 Å². The molecule has 0 bridgehead atoms. The van der Waals surface area contributed by atoms with Crippen LogP contribution in [0.5, 0.6) is 0 Å². The maximum Gasteiger partial charge on any atom is 0.222 e. The SMILES string of the molecule is CN1C(=O)CCC1CSc1nnnn1-c1ccccc1. The van der Waals surface area contributed by atoms with Gasteiger partial charge in [0.15, 0.2) is 0 Å². The van der Waals surface area contributed by atoms with E-state index in [4.69, 9.17) is 0 Å². The molecule has 0 radical (unpaired) electrons. The highest BCUT2D eigenvalue weighted by molar-refractivity contribution is 7.99. The van der Waals surface area contributed by atoms with Crippen LogP contribution in [0.3, 0.4) is 0 Å². The zero-order valence-electron chi connectivity index (χ0n) is 11.1. The zero-order chi connectivity index (χ0) is 13.9. The number of carbonyl (C=O) groups excluding carboxylic acids is 1. The molecule has 1 aromatic heterocycles. The van der Waals surface area contributed by atoms with Crippen molar-refractivity contribution in [3.8, 4) is 5.69 Å². The van der Waals surface area contributed by atoms with Gasteiger partial charge < -0.3 is 4.90 Å². The average Bonchev–Trinajstić information content (AvgIpc) is 3.07. The lowest BCUT2D eigenvalue weighted by molar-refractivity contribution is -0.127. The number of tetrazole rings is 1. The van der Waals surface area contributed by atoms with Crippen LogP contribution in [0.4, 0.5) is 0 Å². The highest BCUT2D eigenvalue weighted by Gasteiger charge is 2.28. The third kappa shape index (κ3) is 2.53. The normalized spacial score (nSPS) is 18.8. The van der Waals surface area contributed by atoms with Crippen molar-refractivity contribution in [2.75, 3.05) is 12.8 Å². The van der Waals surface area contributed by atoms with Crippen molar-refractivity contribution in [3.63, 3.8) is 0 Å². The van der Waals surface area contributed by atoms with Crippen LogP contribution < -0.4 is 0 Å². The second-order valence-electron chi connectivity index (χ2n) is 4.72. The molecule has 0 aliphatic carbocycles. The molecule has 6 nitrogen and oxygen atoms in total. The number of aromatic nitrogens is 4. The van der Waals surface area contributed by atoms with Crippen LogP contribution in [0.2, 0.25) is 0 Å². The summed E-state index contributed by atoms with van der Waals surface area (Å²) in [5, 5.41) is 12.6. The molecule has 1 saturated heterocycles. The number of nitrogens with zero attached hydrogens (tertiary/aromatic N) is 5. The van der Waals surface area contributed by atoms with E-state index in [1.165, 1.54) is 0 Å². The van der Waals surface area contributed by atoms with Crippen molar-refractivity contribution in [1.82, 2.24) is 25.1 Å². The number of para-hydroxylation sites is 1. The summed E-state index contributed by atoms with van der Waals surface area (Å²) in [6, 6.07) is 10.1. The summed E-state index contributed by atoms with van der Waals surface area (Å²) in [5.74, 6) is 1.04. The van der Waals surface area contributed by atoms with Gasteiger partial charge in [0, 0.05) is 25.3 Å². The molecule has 7 heteroatoms. The predicted molar refractivity (Wildman–Crippen MR) is 75.7 cm³/mol. The molecular weight excluding hydrogens is 274 g/mol. The minimum absolute atomic E-state index is 0.221. The molecule has 0 spiro atoms. The molecule has 1 unspecified atom stereocenters. The molecule has 1 fully saturated rings. The summed E-state index contributed by atoms with van der Waals surface area (Å²) in [4.78, 5) is 13.3. The molecule has 1 amide bonds. The van der Waals surface area contributed by atoms with Gasteiger partial charge in [0.2, 0.25) is 11.1 Å². The Morgan fingerprint density at radius 1 is 1.35 bits per heavy atom. The maximum absolute atomic E-state index is 11.5. The Labute approximate surface area is 121 Å². The van der Waals surface area contributed by atoms with E-state index in [1.54, 1.807) is 16.4 Å². The molecule has 1 aliphatic heterocycles. The van der Waals surface area contributed by atoms with Crippen LogP contribution in [0, 0.1) is 0 Å². The van der Waals surface area contributed by atoms with Gasteiger partial charge in [-0.15, -0.1) is 5.10 Å². The van der Waals surface area contributed by atoms with Gasteiger partial charge in [-0.3, -0.25) is 4.79 Å². The average molecular weight is 289 g/mol. The number of likely N-dealkylation sites (tertiary alicyclic amines) is 1. The lowest BCUT2D eigenvalue weighted by atomic mass is 10.2. The lowest BCUT2D eigenvalue weighted by Crippen LogP contribution is -2.30. The van der Waals surface area contributed by atoms with Crippen LogP contribution in [-0.4, -0.2) is 49.9 Å². The molecule has 2 heterocycles. The highest BCUT2D eigenvalue weighted by atomic mass is 32.2. The van der Waals surface area contributed by atoms with Gasteiger partial charge in [0.1, 0.15) is 0 Å². The first-order valence-corrected chi connectivity index (χ1v) is 7.46. The van der Waals surface area contributed by atoms with Gasteiger partial charge in [0.05, 0.1) is 5.69 Å². The number of amides is 1. The summed E-state index contributed by atoms with van der Waals surface area (Å²) >= 11 is 1.58. The molecule has 1 aromatic carbocycles. The van der Waals surface area contributed by atoms with E-state index < -0.39 is 0 Å². The van der Waals surface area contributed by atoms with Crippen molar-refractivity contribution in [3.05, 3.63) is 30.3 Å². The Morgan fingerprint density at radius 2 is 2.15 bits per heavy atom. The summed E-state index contributed by atoms with van der Waals surface area (Å²) < 4.78 is 1.72. The van der Waals surface area contributed by atoms with E-state index in [2.05, 4.69) is 15.5 Å². The molecule has 0 saturated carbocycles. The van der Waals surface area contributed by atoms with Gasteiger partial charge in [-0.2, -0.15) is 4.68 Å². The first-order chi connectivity index (χ1) is 9.75. The van der Waals surface area contributed by atoms with Gasteiger partial charge in [0.25, 0.3) is 0 Å². The van der Waals surface area contributed by atoms with E-state index in [0.29, 0.717) is 6.42 Å². The van der Waals surface area contributed by atoms with Crippen LogP contribution in [0.1, 0.15) is 12.8 Å². The number of hydrogen-bond donors (Lipinski definition) is 0. The fraction of sp³-hybridized carbons (Fsp3) is 0.385. The quantitative estimate of drug-likeness (QED) is 0.796. The van der Waals surface area contributed by atoms with Crippen molar-refractivity contribution in [2.45, 2.75) is 24.0 Å². The highest BCUT2D eigenvalue weighted by Crippen LogP contribution is 2.25. The largest absolute Gasteiger partial charge is 0.342 e. The summed E-state index contributed by atoms with van der Waals surface area (Å²) in [6.07, 6.45) is 1.56. The molecular formula is C13H15N5OS. The minimum atomic E-state index is 0.221. The number of thioether (sulfide) groups is 1. The third-order valence-corrected chi connectivity index (χ3v) is 4.54. The van der Waals surface area contributed by atoms with Crippen LogP contribution in [0.25, 0.3) is 5.69 Å². The Hall–Kier alpha value is -1.89. The van der Waals surface area contributed by atoms with E-state index in [1.807, 2.05) is 42.3 Å². The molecule has 0 N–H and O–H groups in total. The lowest BCUT2D eigenvalue weighted by Gasteiger charge is -2.18. The van der Waals surface area contributed by atoms with Crippen LogP contribution in [0.15, 0.2) is 35.5 Å². The molecule has 1 aliphatic rings. The summed E-state index contributed by atoms with van der Waals surface area (Å²) in [6.45, 7) is 0. The number of hydrogen-bond acceptors (Lipinski definition) is 5. The van der Waals surface area contributed by atoms with Crippen molar-refractivity contribution >= 4 is 17.7 Å². The zero-order valence-corrected chi connectivity index (χ0v) is 12.0. The first kappa shape index (κ1) is 13.1. The van der Waals surface area contributed by atoms with E-state index in [0.717, 1.165) is 23.0 Å². The van der Waals surface area contributed by atoms with Crippen LogP contribution in [-0.2, 0) is 4.79 Å². The standard InChI is InChI=1S/C13H15N5OS/c1-17-11(7-8-12(17)19)9-20-13-14-15-16-18(13)10-5-3-2-4-6-10/h2-6,11H,7-9H2,1H3. The summed E-state index contributed by atoms with van der Waals surface area (Å²) in [5.41, 5.74) is 0.941. The minimum Gasteiger partial charge on any atom is -0.342 e. The molecule has 104 valence electrons. The fourth-order valence-corrected chi connectivity index (χ4v) is 3.32. The van der Waals surface area contributed by atoms with Crippen molar-refractivity contribution < 1.29 is 4.79 Å². The Bertz CT molecular complexity index is 600. The van der Waals surface area contributed by atoms with Gasteiger partial charge >= 0.3 is 0 Å². The second kappa shape index (κ2) is 5.62. The number of benzene rings is 1. The summed E-state index contributed by atoms with van der Waals surface area (Å²) in [7, 11) is 1.86. The Morgan fingerprint density at radius 3 is 2.85 bits per heavy atom. The van der Waals surface area contributed by atoms with Gasteiger partial charge in [-0.25, -0.2) is 0 Å². The predicted octanol–water partition coefficient (Wildman–Crippen LogP) is 1.38. The number of carbonyl (C=O) groups is 1. The van der Waals surface area contributed by atoms with Gasteiger partial charge in [-0.1, -0.05) is 30.0 Å². The van der Waals surface area contributed by atoms with Crippen LogP contribution >= 0.6 is 11.8 Å². The molecule has 20 heavy (non-hydrogen) atoms. The topological polar surface area (TPSA) is 63.9 Å². The Kier molecular flexibility index (Phi) is 3.68. The van der Waals surface area contributed by atoms with Crippen molar-refractivity contribution in [2.24, 2.45) is 0 Å². The smallest absolute Gasteiger partial charge is 0.222 e. The molecule has 3 rings (SSSR count). The number of rotatable bonds is 4. The van der Waals surface area contributed by atoms with Crippen molar-refractivity contribution in [1.29, 1.82) is 0 Å². The monoisotopic (exact) mass is 289 g/mol. The molecule has 1 atom stereocenters. The van der Waals surface area contributed by atoms with E-state index in [-0.39, 0.29) is 11.9 Å². The maximum atomic E-state index is 11.5. The Balaban J connectivity index is 1.70. The fourth-order valence-electron chi connectivity index (χ4n) is 2.23. The van der Waals surface area contributed by atoms with E-state index in [9.17, 15) is 4.79 Å².